The van der Waals surface area contributed by atoms with E-state index >= 15 is 0 Å². The molecule has 0 heterocycles. The van der Waals surface area contributed by atoms with Gasteiger partial charge in [0.15, 0.2) is 0 Å². The highest BCUT2D eigenvalue weighted by molar-refractivity contribution is 9.10. The number of aliphatic hydroxyl groups is 1. The Bertz CT molecular complexity index is 374. The molecular formula is C13H21BrN2O. The maximum Gasteiger partial charge on any atom is 0.0718 e. The fraction of sp³-hybridized carbons (Fsp3) is 0.538. The van der Waals surface area contributed by atoms with Crippen LogP contribution in [-0.2, 0) is 6.54 Å². The Morgan fingerprint density at radius 3 is 2.59 bits per heavy atom. The first-order chi connectivity index (χ1) is 7.83. The zero-order valence-electron chi connectivity index (χ0n) is 10.7. The third-order valence-electron chi connectivity index (χ3n) is 2.56. The molecule has 0 amide bonds. The summed E-state index contributed by atoms with van der Waals surface area (Å²) in [4.78, 5) is 2.19. The van der Waals surface area contributed by atoms with Crippen molar-refractivity contribution in [3.05, 3.63) is 28.2 Å². The zero-order chi connectivity index (χ0) is 13.1. The number of halogens is 1. The van der Waals surface area contributed by atoms with Gasteiger partial charge in [-0.05, 0) is 48.0 Å². The number of hydrogen-bond donors (Lipinski definition) is 2. The highest BCUT2D eigenvalue weighted by Gasteiger charge is 2.18. The van der Waals surface area contributed by atoms with Crippen molar-refractivity contribution in [2.45, 2.75) is 32.9 Å². The van der Waals surface area contributed by atoms with Crippen LogP contribution in [0.1, 0.15) is 26.3 Å². The topological polar surface area (TPSA) is 49.5 Å². The van der Waals surface area contributed by atoms with Crippen LogP contribution in [0.3, 0.4) is 0 Å². The van der Waals surface area contributed by atoms with Gasteiger partial charge in [0.25, 0.3) is 0 Å². The van der Waals surface area contributed by atoms with Gasteiger partial charge in [-0.2, -0.15) is 0 Å². The lowest BCUT2D eigenvalue weighted by atomic mass is 10.1. The molecule has 0 bridgehead atoms. The minimum absolute atomic E-state index is 0.644. The number of nitrogens with zero attached hydrogens (tertiary/aromatic N) is 1. The molecule has 0 saturated carbocycles. The highest BCUT2D eigenvalue weighted by atomic mass is 79.9. The molecule has 4 heteroatoms. The van der Waals surface area contributed by atoms with E-state index in [0.717, 1.165) is 28.8 Å². The third kappa shape index (κ3) is 4.66. The quantitative estimate of drug-likeness (QED) is 0.822. The molecule has 0 atom stereocenters. The number of nitrogens with two attached hydrogens (primary N) is 1. The minimum atomic E-state index is -0.678. The molecule has 96 valence electrons. The van der Waals surface area contributed by atoms with Crippen molar-refractivity contribution in [1.29, 1.82) is 0 Å². The normalized spacial score (nSPS) is 12.1. The van der Waals surface area contributed by atoms with Gasteiger partial charge in [-0.15, -0.1) is 0 Å². The van der Waals surface area contributed by atoms with E-state index in [-0.39, 0.29) is 0 Å². The van der Waals surface area contributed by atoms with E-state index in [9.17, 15) is 5.11 Å². The second kappa shape index (κ2) is 5.85. The summed E-state index contributed by atoms with van der Waals surface area (Å²) in [5.74, 6) is 0. The fourth-order valence-corrected chi connectivity index (χ4v) is 2.18. The lowest BCUT2D eigenvalue weighted by Gasteiger charge is -2.28. The Labute approximate surface area is 112 Å². The standard InChI is InChI=1S/C13H21BrN2O/c1-4-16(9-13(2,3)17)8-10-6-5-7-11(15)12(10)14/h5-7,17H,4,8-9,15H2,1-3H3. The Kier molecular flexibility index (Phi) is 4.98. The van der Waals surface area contributed by atoms with Crippen LogP contribution in [0.4, 0.5) is 5.69 Å². The molecular weight excluding hydrogens is 280 g/mol. The summed E-state index contributed by atoms with van der Waals surface area (Å²) >= 11 is 3.50. The van der Waals surface area contributed by atoms with E-state index in [1.54, 1.807) is 0 Å². The molecule has 0 radical (unpaired) electrons. The molecule has 1 rings (SSSR count). The average molecular weight is 301 g/mol. The van der Waals surface area contributed by atoms with Crippen LogP contribution in [0.15, 0.2) is 22.7 Å². The first kappa shape index (κ1) is 14.5. The van der Waals surface area contributed by atoms with Gasteiger partial charge in [-0.1, -0.05) is 19.1 Å². The van der Waals surface area contributed by atoms with Gasteiger partial charge < -0.3 is 10.8 Å². The molecule has 0 saturated heterocycles. The van der Waals surface area contributed by atoms with Crippen molar-refractivity contribution >= 4 is 21.6 Å². The monoisotopic (exact) mass is 300 g/mol. The largest absolute Gasteiger partial charge is 0.398 e. The summed E-state index contributed by atoms with van der Waals surface area (Å²) in [7, 11) is 0. The van der Waals surface area contributed by atoms with E-state index in [4.69, 9.17) is 5.73 Å². The van der Waals surface area contributed by atoms with Crippen molar-refractivity contribution in [3.63, 3.8) is 0 Å². The van der Waals surface area contributed by atoms with Crippen LogP contribution in [0.25, 0.3) is 0 Å². The number of anilines is 1. The molecule has 0 unspecified atom stereocenters. The van der Waals surface area contributed by atoms with Gasteiger partial charge in [-0.25, -0.2) is 0 Å². The molecule has 0 aliphatic heterocycles. The third-order valence-corrected chi connectivity index (χ3v) is 3.53. The minimum Gasteiger partial charge on any atom is -0.398 e. The lowest BCUT2D eigenvalue weighted by molar-refractivity contribution is 0.0353. The Hall–Kier alpha value is -0.580. The first-order valence-electron chi connectivity index (χ1n) is 5.81. The van der Waals surface area contributed by atoms with Crippen LogP contribution >= 0.6 is 15.9 Å². The highest BCUT2D eigenvalue weighted by Crippen LogP contribution is 2.25. The molecule has 1 aromatic carbocycles. The number of nitrogen functional groups attached to an aromatic ring is 1. The molecule has 0 fully saturated rings. The molecule has 3 nitrogen and oxygen atoms in total. The van der Waals surface area contributed by atoms with Crippen molar-refractivity contribution in [3.8, 4) is 0 Å². The Morgan fingerprint density at radius 2 is 2.06 bits per heavy atom. The Morgan fingerprint density at radius 1 is 1.41 bits per heavy atom. The fourth-order valence-electron chi connectivity index (χ4n) is 1.79. The molecule has 0 aromatic heterocycles. The summed E-state index contributed by atoms with van der Waals surface area (Å²) in [6, 6.07) is 5.88. The molecule has 0 aliphatic carbocycles. The Balaban J connectivity index is 2.77. The summed E-state index contributed by atoms with van der Waals surface area (Å²) in [5, 5.41) is 9.84. The maximum absolute atomic E-state index is 9.84. The van der Waals surface area contributed by atoms with Crippen molar-refractivity contribution in [1.82, 2.24) is 4.90 Å². The van der Waals surface area contributed by atoms with Gasteiger partial charge in [0.1, 0.15) is 0 Å². The first-order valence-corrected chi connectivity index (χ1v) is 6.60. The van der Waals surface area contributed by atoms with Crippen molar-refractivity contribution < 1.29 is 5.11 Å². The maximum atomic E-state index is 9.84. The van der Waals surface area contributed by atoms with Crippen LogP contribution in [-0.4, -0.2) is 28.7 Å². The summed E-state index contributed by atoms with van der Waals surface area (Å²) in [6.45, 7) is 8.06. The van der Waals surface area contributed by atoms with E-state index in [2.05, 4.69) is 27.8 Å². The smallest absolute Gasteiger partial charge is 0.0718 e. The van der Waals surface area contributed by atoms with Gasteiger partial charge in [0, 0.05) is 23.2 Å². The molecule has 3 N–H and O–H groups in total. The number of benzene rings is 1. The van der Waals surface area contributed by atoms with Crippen LogP contribution in [0, 0.1) is 0 Å². The van der Waals surface area contributed by atoms with Gasteiger partial charge in [-0.3, -0.25) is 4.90 Å². The molecule has 1 aromatic rings. The lowest BCUT2D eigenvalue weighted by Crippen LogP contribution is -2.38. The molecule has 17 heavy (non-hydrogen) atoms. The summed E-state index contributed by atoms with van der Waals surface area (Å²) < 4.78 is 0.953. The van der Waals surface area contributed by atoms with Gasteiger partial charge >= 0.3 is 0 Å². The van der Waals surface area contributed by atoms with Crippen LogP contribution in [0.2, 0.25) is 0 Å². The summed E-state index contributed by atoms with van der Waals surface area (Å²) in [5.41, 5.74) is 7.07. The zero-order valence-corrected chi connectivity index (χ0v) is 12.3. The van der Waals surface area contributed by atoms with E-state index in [1.165, 1.54) is 0 Å². The molecule has 0 aliphatic rings. The van der Waals surface area contributed by atoms with Crippen LogP contribution in [0.5, 0.6) is 0 Å². The van der Waals surface area contributed by atoms with Gasteiger partial charge in [0.05, 0.1) is 5.60 Å². The number of likely N-dealkylation sites (N-methyl/N-ethyl adjacent to an activating group) is 1. The average Bonchev–Trinajstić information content (AvgIpc) is 2.21. The van der Waals surface area contributed by atoms with Crippen molar-refractivity contribution in [2.75, 3.05) is 18.8 Å². The van der Waals surface area contributed by atoms with Crippen LogP contribution < -0.4 is 5.73 Å². The van der Waals surface area contributed by atoms with E-state index in [0.29, 0.717) is 6.54 Å². The summed E-state index contributed by atoms with van der Waals surface area (Å²) in [6.07, 6.45) is 0. The number of rotatable bonds is 5. The predicted octanol–water partition coefficient (Wildman–Crippen LogP) is 2.62. The second-order valence-electron chi connectivity index (χ2n) is 4.94. The molecule has 0 spiro atoms. The number of hydrogen-bond acceptors (Lipinski definition) is 3. The van der Waals surface area contributed by atoms with E-state index < -0.39 is 5.60 Å². The van der Waals surface area contributed by atoms with Gasteiger partial charge in [0.2, 0.25) is 0 Å². The predicted molar refractivity (Wildman–Crippen MR) is 75.8 cm³/mol. The van der Waals surface area contributed by atoms with E-state index in [1.807, 2.05) is 32.0 Å². The van der Waals surface area contributed by atoms with Crippen molar-refractivity contribution in [2.24, 2.45) is 0 Å². The SMILES string of the molecule is CCN(Cc1cccc(N)c1Br)CC(C)(C)O. The second-order valence-corrected chi connectivity index (χ2v) is 5.73.